The highest BCUT2D eigenvalue weighted by molar-refractivity contribution is 6.01. The number of carbonyl (C=O) groups excluding carboxylic acids is 2. The second-order valence-corrected chi connectivity index (χ2v) is 7.22. The minimum atomic E-state index is -0.265. The number of nitrogens with zero attached hydrogens (tertiary/aromatic N) is 1. The lowest BCUT2D eigenvalue weighted by molar-refractivity contribution is -0.126. The fraction of sp³-hybridized carbons (Fsp3) is 0.391. The van der Waals surface area contributed by atoms with E-state index < -0.39 is 0 Å². The van der Waals surface area contributed by atoms with E-state index in [0.717, 1.165) is 36.1 Å². The molecule has 27 heavy (non-hydrogen) atoms. The third-order valence-corrected chi connectivity index (χ3v) is 5.25. The van der Waals surface area contributed by atoms with Crippen molar-refractivity contribution in [2.45, 2.75) is 39.5 Å². The molecule has 3 rings (SSSR count). The van der Waals surface area contributed by atoms with Crippen LogP contribution in [0.25, 0.3) is 0 Å². The summed E-state index contributed by atoms with van der Waals surface area (Å²) in [5.74, 6) is -0.229. The maximum Gasteiger partial charge on any atom is 0.227 e. The third-order valence-electron chi connectivity index (χ3n) is 5.25. The molecule has 1 aliphatic heterocycles. The normalized spacial score (nSPS) is 16.6. The molecule has 1 unspecified atom stereocenters. The van der Waals surface area contributed by atoms with Crippen molar-refractivity contribution in [3.05, 3.63) is 65.2 Å². The average Bonchev–Trinajstić information content (AvgIpc) is 3.07. The van der Waals surface area contributed by atoms with Crippen molar-refractivity contribution in [1.29, 1.82) is 0 Å². The molecule has 1 atom stereocenters. The molecule has 0 radical (unpaired) electrons. The predicted molar refractivity (Wildman–Crippen MR) is 109 cm³/mol. The molecule has 1 N–H and O–H groups in total. The van der Waals surface area contributed by atoms with Crippen LogP contribution in [0.5, 0.6) is 0 Å². The largest absolute Gasteiger partial charge is 0.356 e. The summed E-state index contributed by atoms with van der Waals surface area (Å²) in [7, 11) is 0. The van der Waals surface area contributed by atoms with Crippen LogP contribution in [-0.2, 0) is 22.4 Å². The first-order valence-corrected chi connectivity index (χ1v) is 9.80. The van der Waals surface area contributed by atoms with Crippen LogP contribution in [0.2, 0.25) is 0 Å². The van der Waals surface area contributed by atoms with E-state index in [1.807, 2.05) is 42.2 Å². The zero-order valence-corrected chi connectivity index (χ0v) is 16.2. The lowest BCUT2D eigenvalue weighted by Crippen LogP contribution is -2.34. The smallest absolute Gasteiger partial charge is 0.227 e. The van der Waals surface area contributed by atoms with Gasteiger partial charge in [-0.05, 0) is 42.9 Å². The third kappa shape index (κ3) is 4.57. The Morgan fingerprint density at radius 1 is 1.15 bits per heavy atom. The number of amides is 2. The molecule has 0 aromatic heterocycles. The fourth-order valence-corrected chi connectivity index (χ4v) is 3.78. The molecule has 0 spiro atoms. The van der Waals surface area contributed by atoms with Crippen LogP contribution in [0.1, 0.15) is 36.5 Å². The van der Waals surface area contributed by atoms with Crippen LogP contribution in [0, 0.1) is 12.8 Å². The van der Waals surface area contributed by atoms with Crippen LogP contribution in [0.15, 0.2) is 48.5 Å². The van der Waals surface area contributed by atoms with Gasteiger partial charge in [0.2, 0.25) is 11.8 Å². The maximum absolute atomic E-state index is 12.6. The minimum absolute atomic E-state index is 0.00876. The number of hydrogen-bond donors (Lipinski definition) is 1. The van der Waals surface area contributed by atoms with Gasteiger partial charge in [-0.1, -0.05) is 55.5 Å². The Balaban J connectivity index is 1.55. The van der Waals surface area contributed by atoms with Gasteiger partial charge in [0, 0.05) is 25.2 Å². The van der Waals surface area contributed by atoms with Gasteiger partial charge in [-0.2, -0.15) is 0 Å². The number of rotatable bonds is 7. The molecule has 1 saturated heterocycles. The molecule has 0 saturated carbocycles. The molecular weight excluding hydrogens is 336 g/mol. The molecule has 1 heterocycles. The first-order valence-electron chi connectivity index (χ1n) is 9.80. The van der Waals surface area contributed by atoms with E-state index in [9.17, 15) is 9.59 Å². The molecule has 2 aromatic carbocycles. The zero-order chi connectivity index (χ0) is 19.2. The summed E-state index contributed by atoms with van der Waals surface area (Å²) >= 11 is 0. The van der Waals surface area contributed by atoms with Crippen LogP contribution in [-0.4, -0.2) is 24.9 Å². The second-order valence-electron chi connectivity index (χ2n) is 7.22. The Morgan fingerprint density at radius 3 is 2.67 bits per heavy atom. The van der Waals surface area contributed by atoms with Crippen molar-refractivity contribution in [2.75, 3.05) is 18.0 Å². The zero-order valence-electron chi connectivity index (χ0n) is 16.2. The highest BCUT2D eigenvalue weighted by Gasteiger charge is 2.36. The van der Waals surface area contributed by atoms with Gasteiger partial charge < -0.3 is 10.2 Å². The molecule has 4 heteroatoms. The van der Waals surface area contributed by atoms with Gasteiger partial charge >= 0.3 is 0 Å². The maximum atomic E-state index is 12.6. The molecule has 0 bridgehead atoms. The van der Waals surface area contributed by atoms with Crippen LogP contribution in [0.4, 0.5) is 5.69 Å². The van der Waals surface area contributed by atoms with Crippen molar-refractivity contribution in [3.63, 3.8) is 0 Å². The molecule has 142 valence electrons. The molecule has 1 aliphatic rings. The summed E-state index contributed by atoms with van der Waals surface area (Å²) in [6.45, 7) is 5.23. The summed E-state index contributed by atoms with van der Waals surface area (Å²) in [6.07, 6.45) is 3.01. The number of anilines is 1. The summed E-state index contributed by atoms with van der Waals surface area (Å²) in [4.78, 5) is 26.9. The second kappa shape index (κ2) is 8.85. The van der Waals surface area contributed by atoms with E-state index in [-0.39, 0.29) is 17.7 Å². The van der Waals surface area contributed by atoms with Gasteiger partial charge in [0.15, 0.2) is 0 Å². The number of para-hydroxylation sites is 1. The Kier molecular flexibility index (Phi) is 6.28. The predicted octanol–water partition coefficient (Wildman–Crippen LogP) is 3.66. The van der Waals surface area contributed by atoms with E-state index in [4.69, 9.17) is 0 Å². The number of nitrogens with one attached hydrogen (secondary N) is 1. The molecule has 4 nitrogen and oxygen atoms in total. The monoisotopic (exact) mass is 364 g/mol. The summed E-state index contributed by atoms with van der Waals surface area (Å²) < 4.78 is 0. The highest BCUT2D eigenvalue weighted by atomic mass is 16.2. The lowest BCUT2D eigenvalue weighted by atomic mass is 10.0. The number of hydrogen-bond acceptors (Lipinski definition) is 2. The molecule has 1 fully saturated rings. The average molecular weight is 364 g/mol. The van der Waals surface area contributed by atoms with Gasteiger partial charge in [0.1, 0.15) is 0 Å². The van der Waals surface area contributed by atoms with Crippen molar-refractivity contribution < 1.29 is 9.59 Å². The first kappa shape index (κ1) is 19.2. The van der Waals surface area contributed by atoms with Crippen molar-refractivity contribution in [1.82, 2.24) is 5.32 Å². The van der Waals surface area contributed by atoms with Gasteiger partial charge in [-0.15, -0.1) is 0 Å². The van der Waals surface area contributed by atoms with Crippen LogP contribution >= 0.6 is 0 Å². The molecule has 0 aliphatic carbocycles. The van der Waals surface area contributed by atoms with Gasteiger partial charge in [-0.25, -0.2) is 0 Å². The van der Waals surface area contributed by atoms with Crippen LogP contribution < -0.4 is 10.2 Å². The van der Waals surface area contributed by atoms with E-state index >= 15 is 0 Å². The Morgan fingerprint density at radius 2 is 1.93 bits per heavy atom. The number of benzene rings is 2. The Hall–Kier alpha value is -2.62. The minimum Gasteiger partial charge on any atom is -0.356 e. The Labute approximate surface area is 161 Å². The molecule has 2 amide bonds. The molecule has 2 aromatic rings. The molecular formula is C23H28N2O2. The topological polar surface area (TPSA) is 49.4 Å². The van der Waals surface area contributed by atoms with Crippen molar-refractivity contribution in [2.24, 2.45) is 5.92 Å². The van der Waals surface area contributed by atoms with Gasteiger partial charge in [0.25, 0.3) is 0 Å². The van der Waals surface area contributed by atoms with E-state index in [2.05, 4.69) is 30.4 Å². The summed E-state index contributed by atoms with van der Waals surface area (Å²) in [6, 6.07) is 16.4. The highest BCUT2D eigenvalue weighted by Crippen LogP contribution is 2.31. The number of aryl methyl sites for hydroxylation is 3. The fourth-order valence-electron chi connectivity index (χ4n) is 3.78. The number of carbonyl (C=O) groups is 2. The van der Waals surface area contributed by atoms with Gasteiger partial charge in [-0.3, -0.25) is 9.59 Å². The summed E-state index contributed by atoms with van der Waals surface area (Å²) in [5.41, 5.74) is 4.52. The van der Waals surface area contributed by atoms with E-state index in [0.29, 0.717) is 19.5 Å². The van der Waals surface area contributed by atoms with E-state index in [1.54, 1.807) is 0 Å². The van der Waals surface area contributed by atoms with Crippen molar-refractivity contribution in [3.8, 4) is 0 Å². The quantitative estimate of drug-likeness (QED) is 0.762. The van der Waals surface area contributed by atoms with Crippen LogP contribution in [0.3, 0.4) is 0 Å². The standard InChI is InChI=1S/C23H28N2O2/c1-3-19-13-7-9-17(2)22(19)25-16-20(15-21(25)26)23(27)24-14-8-12-18-10-5-4-6-11-18/h4-7,9-11,13,20H,3,8,12,14-16H2,1-2H3,(H,24,27). The Bertz CT molecular complexity index is 801. The summed E-state index contributed by atoms with van der Waals surface area (Å²) in [5, 5.41) is 3.01. The first-order chi connectivity index (χ1) is 13.1. The van der Waals surface area contributed by atoms with Gasteiger partial charge in [0.05, 0.1) is 5.92 Å². The van der Waals surface area contributed by atoms with Crippen molar-refractivity contribution >= 4 is 17.5 Å². The lowest BCUT2D eigenvalue weighted by Gasteiger charge is -2.22. The van der Waals surface area contributed by atoms with E-state index in [1.165, 1.54) is 5.56 Å². The SMILES string of the molecule is CCc1cccc(C)c1N1CC(C(=O)NCCCc2ccccc2)CC1=O.